The monoisotopic (exact) mass is 249 g/mol. The highest BCUT2D eigenvalue weighted by Gasteiger charge is 2.19. The van der Waals surface area contributed by atoms with Crippen molar-refractivity contribution in [2.75, 3.05) is 13.1 Å². The zero-order valence-corrected chi connectivity index (χ0v) is 11.1. The van der Waals surface area contributed by atoms with E-state index in [1.807, 2.05) is 29.2 Å². The van der Waals surface area contributed by atoms with Gasteiger partial charge in [0.05, 0.1) is 0 Å². The van der Waals surface area contributed by atoms with Crippen LogP contribution in [0, 0.1) is 5.92 Å². The lowest BCUT2D eigenvalue weighted by Crippen LogP contribution is -2.31. The molecule has 1 aliphatic heterocycles. The van der Waals surface area contributed by atoms with Crippen LogP contribution in [-0.2, 0) is 0 Å². The Hall–Kier alpha value is -0.960. The minimum atomic E-state index is 0.160. The van der Waals surface area contributed by atoms with Crippen molar-refractivity contribution in [1.82, 2.24) is 4.90 Å². The Labute approximate surface area is 108 Å². The van der Waals surface area contributed by atoms with Crippen molar-refractivity contribution in [2.45, 2.75) is 31.1 Å². The molecule has 0 aliphatic carbocycles. The molecule has 1 fully saturated rings. The highest BCUT2D eigenvalue weighted by Crippen LogP contribution is 2.18. The molecule has 1 unspecified atom stereocenters. The first-order valence-corrected chi connectivity index (χ1v) is 6.70. The highest BCUT2D eigenvalue weighted by molar-refractivity contribution is 7.80. The van der Waals surface area contributed by atoms with Crippen LogP contribution in [0.1, 0.15) is 36.5 Å². The van der Waals surface area contributed by atoms with Crippen molar-refractivity contribution in [2.24, 2.45) is 5.92 Å². The molecule has 1 saturated heterocycles. The van der Waals surface area contributed by atoms with Crippen LogP contribution < -0.4 is 0 Å². The molecule has 1 aliphatic rings. The zero-order chi connectivity index (χ0) is 12.3. The number of amides is 1. The molecule has 2 nitrogen and oxygen atoms in total. The third-order valence-electron chi connectivity index (χ3n) is 3.42. The molecule has 17 heavy (non-hydrogen) atoms. The van der Waals surface area contributed by atoms with Crippen LogP contribution in [0.3, 0.4) is 0 Å². The van der Waals surface area contributed by atoms with Crippen LogP contribution in [0.5, 0.6) is 0 Å². The summed E-state index contributed by atoms with van der Waals surface area (Å²) in [6.45, 7) is 4.05. The molecule has 1 amide bonds. The van der Waals surface area contributed by atoms with Crippen LogP contribution in [0.25, 0.3) is 0 Å². The second-order valence-electron chi connectivity index (χ2n) is 4.88. The Morgan fingerprint density at radius 1 is 1.24 bits per heavy atom. The average molecular weight is 249 g/mol. The quantitative estimate of drug-likeness (QED) is 0.758. The highest BCUT2D eigenvalue weighted by atomic mass is 32.1. The van der Waals surface area contributed by atoms with E-state index in [0.29, 0.717) is 0 Å². The largest absolute Gasteiger partial charge is 0.339 e. The second-order valence-corrected chi connectivity index (χ2v) is 5.39. The first-order chi connectivity index (χ1) is 8.16. The van der Waals surface area contributed by atoms with E-state index in [4.69, 9.17) is 0 Å². The maximum absolute atomic E-state index is 12.3. The Kier molecular flexibility index (Phi) is 4.11. The number of rotatable bonds is 1. The van der Waals surface area contributed by atoms with Crippen molar-refractivity contribution in [3.8, 4) is 0 Å². The Balaban J connectivity index is 2.06. The topological polar surface area (TPSA) is 20.3 Å². The smallest absolute Gasteiger partial charge is 0.253 e. The number of hydrogen-bond donors (Lipinski definition) is 1. The molecule has 2 rings (SSSR count). The van der Waals surface area contributed by atoms with E-state index in [9.17, 15) is 4.79 Å². The Bertz CT molecular complexity index is 388. The van der Waals surface area contributed by atoms with Gasteiger partial charge in [-0.15, -0.1) is 12.6 Å². The fraction of sp³-hybridized carbons (Fsp3) is 0.500. The molecular weight excluding hydrogens is 230 g/mol. The van der Waals surface area contributed by atoms with Crippen molar-refractivity contribution >= 4 is 18.5 Å². The number of likely N-dealkylation sites (tertiary alicyclic amines) is 1. The normalized spacial score (nSPS) is 21.1. The molecule has 0 spiro atoms. The molecule has 0 saturated carbocycles. The maximum atomic E-state index is 12.3. The lowest BCUT2D eigenvalue weighted by molar-refractivity contribution is 0.0760. The summed E-state index contributed by atoms with van der Waals surface area (Å²) in [6.07, 6.45) is 3.48. The molecule has 1 aromatic carbocycles. The molecule has 0 bridgehead atoms. The summed E-state index contributed by atoms with van der Waals surface area (Å²) in [7, 11) is 0. The number of carbonyl (C=O) groups excluding carboxylic acids is 1. The van der Waals surface area contributed by atoms with Gasteiger partial charge in [0.2, 0.25) is 0 Å². The molecule has 0 aromatic heterocycles. The minimum absolute atomic E-state index is 0.160. The van der Waals surface area contributed by atoms with Gasteiger partial charge in [-0.2, -0.15) is 0 Å². The van der Waals surface area contributed by atoms with Crippen molar-refractivity contribution in [3.05, 3.63) is 29.8 Å². The van der Waals surface area contributed by atoms with Gasteiger partial charge in [-0.3, -0.25) is 4.79 Å². The summed E-state index contributed by atoms with van der Waals surface area (Å²) >= 11 is 4.23. The van der Waals surface area contributed by atoms with Gasteiger partial charge in [0, 0.05) is 23.5 Å². The van der Waals surface area contributed by atoms with Crippen molar-refractivity contribution in [3.63, 3.8) is 0 Å². The zero-order valence-electron chi connectivity index (χ0n) is 10.2. The molecule has 1 aromatic rings. The van der Waals surface area contributed by atoms with Crippen LogP contribution in [-0.4, -0.2) is 23.9 Å². The van der Waals surface area contributed by atoms with Gasteiger partial charge in [-0.1, -0.05) is 6.92 Å². The van der Waals surface area contributed by atoms with Crippen molar-refractivity contribution < 1.29 is 4.79 Å². The van der Waals surface area contributed by atoms with Gasteiger partial charge < -0.3 is 4.90 Å². The maximum Gasteiger partial charge on any atom is 0.253 e. The third-order valence-corrected chi connectivity index (χ3v) is 3.72. The van der Waals surface area contributed by atoms with Crippen LogP contribution >= 0.6 is 12.6 Å². The van der Waals surface area contributed by atoms with Gasteiger partial charge in [0.15, 0.2) is 0 Å². The summed E-state index contributed by atoms with van der Waals surface area (Å²) in [4.78, 5) is 15.1. The third kappa shape index (κ3) is 3.25. The Morgan fingerprint density at radius 2 is 1.94 bits per heavy atom. The van der Waals surface area contributed by atoms with E-state index >= 15 is 0 Å². The Morgan fingerprint density at radius 3 is 2.65 bits per heavy atom. The summed E-state index contributed by atoms with van der Waals surface area (Å²) < 4.78 is 0. The van der Waals surface area contributed by atoms with E-state index in [0.717, 1.165) is 42.3 Å². The first-order valence-electron chi connectivity index (χ1n) is 6.25. The SMILES string of the molecule is CC1CCCN(C(=O)c2ccc(S)cc2)CC1. The number of benzene rings is 1. The number of carbonyl (C=O) groups is 1. The number of nitrogens with zero attached hydrogens (tertiary/aromatic N) is 1. The van der Waals surface area contributed by atoms with Crippen molar-refractivity contribution in [1.29, 1.82) is 0 Å². The molecule has 1 atom stereocenters. The predicted octanol–water partition coefficient (Wildman–Crippen LogP) is 3.24. The average Bonchev–Trinajstić information content (AvgIpc) is 2.54. The standard InChI is InChI=1S/C14H19NOS/c1-11-3-2-9-15(10-8-11)14(16)12-4-6-13(17)7-5-12/h4-7,11,17H,2-3,8-10H2,1H3. The lowest BCUT2D eigenvalue weighted by Gasteiger charge is -2.20. The lowest BCUT2D eigenvalue weighted by atomic mass is 10.0. The fourth-order valence-corrected chi connectivity index (χ4v) is 2.40. The molecule has 3 heteroatoms. The van der Waals surface area contributed by atoms with E-state index in [-0.39, 0.29) is 5.91 Å². The minimum Gasteiger partial charge on any atom is -0.339 e. The van der Waals surface area contributed by atoms with Crippen LogP contribution in [0.2, 0.25) is 0 Å². The molecular formula is C14H19NOS. The van der Waals surface area contributed by atoms with Gasteiger partial charge in [-0.25, -0.2) is 0 Å². The van der Waals surface area contributed by atoms with E-state index in [1.165, 1.54) is 6.42 Å². The summed E-state index contributed by atoms with van der Waals surface area (Å²) in [5.41, 5.74) is 0.775. The van der Waals surface area contributed by atoms with E-state index < -0.39 is 0 Å². The molecule has 1 heterocycles. The van der Waals surface area contributed by atoms with Gasteiger partial charge >= 0.3 is 0 Å². The van der Waals surface area contributed by atoms with E-state index in [2.05, 4.69) is 19.6 Å². The summed E-state index contributed by atoms with van der Waals surface area (Å²) in [6, 6.07) is 7.46. The summed E-state index contributed by atoms with van der Waals surface area (Å²) in [5, 5.41) is 0. The fourth-order valence-electron chi connectivity index (χ4n) is 2.25. The number of hydrogen-bond acceptors (Lipinski definition) is 2. The molecule has 0 N–H and O–H groups in total. The predicted molar refractivity (Wildman–Crippen MR) is 72.6 cm³/mol. The van der Waals surface area contributed by atoms with Crippen LogP contribution in [0.4, 0.5) is 0 Å². The van der Waals surface area contributed by atoms with Crippen LogP contribution in [0.15, 0.2) is 29.2 Å². The second kappa shape index (κ2) is 5.58. The molecule has 92 valence electrons. The summed E-state index contributed by atoms with van der Waals surface area (Å²) in [5.74, 6) is 0.903. The molecule has 0 radical (unpaired) electrons. The van der Waals surface area contributed by atoms with E-state index in [1.54, 1.807) is 0 Å². The first kappa shape index (κ1) is 12.5. The number of thiol groups is 1. The van der Waals surface area contributed by atoms with Gasteiger partial charge in [0.25, 0.3) is 5.91 Å². The van der Waals surface area contributed by atoms with Gasteiger partial charge in [0.1, 0.15) is 0 Å². The van der Waals surface area contributed by atoms with Gasteiger partial charge in [-0.05, 0) is 49.4 Å².